The molecule has 1 aliphatic heterocycles. The van der Waals surface area contributed by atoms with Crippen molar-refractivity contribution >= 4 is 44.3 Å². The summed E-state index contributed by atoms with van der Waals surface area (Å²) in [5.41, 5.74) is 5.32. The summed E-state index contributed by atoms with van der Waals surface area (Å²) < 4.78 is 2.49. The van der Waals surface area contributed by atoms with Crippen LogP contribution in [0.1, 0.15) is 0 Å². The number of thioether (sulfide) groups is 1. The number of benzene rings is 4. The smallest absolute Gasteiger partial charge is 0.181 e. The number of aromatic nitrogens is 1. The Morgan fingerprint density at radius 3 is 2.38 bits per heavy atom. The largest absolute Gasteiger partial charge is 0.222 e. The van der Waals surface area contributed by atoms with Crippen LogP contribution >= 0.6 is 11.8 Å². The zero-order valence-electron chi connectivity index (χ0n) is 14.1. The van der Waals surface area contributed by atoms with E-state index in [0.717, 1.165) is 5.88 Å². The fourth-order valence-corrected chi connectivity index (χ4v) is 5.42. The average Bonchev–Trinajstić information content (AvgIpc) is 2.72. The number of fused-ring (bicyclic) bond motifs is 2. The van der Waals surface area contributed by atoms with E-state index in [9.17, 15) is 0 Å². The molecule has 6 rings (SSSR count). The molecule has 4 aromatic carbocycles. The summed E-state index contributed by atoms with van der Waals surface area (Å²) in [6.45, 7) is 0. The first-order valence-corrected chi connectivity index (χ1v) is 9.88. The Morgan fingerprint density at radius 1 is 0.692 bits per heavy atom. The molecular formula is C24H16NS+. The van der Waals surface area contributed by atoms with Gasteiger partial charge in [0.25, 0.3) is 0 Å². The summed E-state index contributed by atoms with van der Waals surface area (Å²) in [5, 5.41) is 5.35. The number of hydrogen-bond donors (Lipinski definition) is 0. The van der Waals surface area contributed by atoms with Crippen molar-refractivity contribution in [3.63, 3.8) is 0 Å². The molecule has 0 fully saturated rings. The fourth-order valence-electron chi connectivity index (χ4n) is 4.19. The molecule has 1 nitrogen and oxygen atoms in total. The first-order valence-electron chi connectivity index (χ1n) is 8.89. The quantitative estimate of drug-likeness (QED) is 0.199. The van der Waals surface area contributed by atoms with E-state index in [4.69, 9.17) is 0 Å². The second-order valence-electron chi connectivity index (χ2n) is 6.81. The maximum Gasteiger partial charge on any atom is 0.222 e. The van der Waals surface area contributed by atoms with Gasteiger partial charge in [-0.2, -0.15) is 4.57 Å². The van der Waals surface area contributed by atoms with E-state index in [0.29, 0.717) is 0 Å². The first-order chi connectivity index (χ1) is 12.9. The second kappa shape index (κ2) is 5.33. The molecule has 0 radical (unpaired) electrons. The van der Waals surface area contributed by atoms with Crippen LogP contribution in [-0.2, 0) is 5.88 Å². The number of para-hydroxylation sites is 1. The lowest BCUT2D eigenvalue weighted by molar-refractivity contribution is -0.622. The summed E-state index contributed by atoms with van der Waals surface area (Å²) in [6.07, 6.45) is 0. The number of hydrogen-bond acceptors (Lipinski definition) is 1. The van der Waals surface area contributed by atoms with E-state index in [1.165, 1.54) is 48.6 Å². The number of nitrogens with zero attached hydrogens (tertiary/aromatic N) is 1. The van der Waals surface area contributed by atoms with Crippen LogP contribution in [0.15, 0.2) is 89.8 Å². The molecule has 0 N–H and O–H groups in total. The minimum Gasteiger partial charge on any atom is -0.181 e. The van der Waals surface area contributed by atoms with Crippen molar-refractivity contribution in [1.82, 2.24) is 0 Å². The van der Waals surface area contributed by atoms with E-state index >= 15 is 0 Å². The van der Waals surface area contributed by atoms with Crippen molar-refractivity contribution in [3.8, 4) is 11.1 Å². The van der Waals surface area contributed by atoms with Crippen LogP contribution in [0, 0.1) is 0 Å². The lowest BCUT2D eigenvalue weighted by atomic mass is 9.98. The standard InChI is InChI=1S/C24H16NS/c1-2-6-16(7-3-1)20-13-12-17-10-11-19-14-18-8-4-5-9-21(18)25-15-26-24(20)22(17)23(19)25/h1-14H,15H2/q+1. The summed E-state index contributed by atoms with van der Waals surface area (Å²) >= 11 is 1.95. The maximum absolute atomic E-state index is 2.49. The first kappa shape index (κ1) is 14.3. The Morgan fingerprint density at radius 2 is 1.46 bits per heavy atom. The molecule has 0 amide bonds. The zero-order valence-corrected chi connectivity index (χ0v) is 15.0. The lowest BCUT2D eigenvalue weighted by Gasteiger charge is -2.18. The third-order valence-electron chi connectivity index (χ3n) is 5.37. The number of rotatable bonds is 1. The van der Waals surface area contributed by atoms with Crippen molar-refractivity contribution in [2.24, 2.45) is 0 Å². The highest BCUT2D eigenvalue weighted by atomic mass is 32.2. The molecule has 122 valence electrons. The van der Waals surface area contributed by atoms with E-state index in [1.54, 1.807) is 0 Å². The van der Waals surface area contributed by atoms with Crippen molar-refractivity contribution in [1.29, 1.82) is 0 Å². The van der Waals surface area contributed by atoms with E-state index in [2.05, 4.69) is 89.5 Å². The maximum atomic E-state index is 2.49. The highest BCUT2D eigenvalue weighted by Crippen LogP contribution is 2.43. The third-order valence-corrected chi connectivity index (χ3v) is 6.47. The Hall–Kier alpha value is -2.84. The van der Waals surface area contributed by atoms with Crippen molar-refractivity contribution in [2.75, 3.05) is 0 Å². The monoisotopic (exact) mass is 350 g/mol. The van der Waals surface area contributed by atoms with Gasteiger partial charge in [0, 0.05) is 21.7 Å². The van der Waals surface area contributed by atoms with Crippen LogP contribution < -0.4 is 4.57 Å². The van der Waals surface area contributed by atoms with Crippen LogP contribution in [-0.4, -0.2) is 0 Å². The SMILES string of the molecule is c1ccc(-c2ccc3ccc4cc5ccccc5[n+]5c4c3c2SC5)cc1. The molecule has 2 heterocycles. The van der Waals surface area contributed by atoms with Gasteiger partial charge < -0.3 is 0 Å². The van der Waals surface area contributed by atoms with E-state index < -0.39 is 0 Å². The summed E-state index contributed by atoms with van der Waals surface area (Å²) in [6, 6.07) is 30.9. The van der Waals surface area contributed by atoms with Crippen LogP contribution in [0.2, 0.25) is 0 Å². The van der Waals surface area contributed by atoms with Crippen LogP contribution in [0.5, 0.6) is 0 Å². The van der Waals surface area contributed by atoms with Gasteiger partial charge in [-0.3, -0.25) is 0 Å². The minimum atomic E-state index is 0.952. The molecule has 0 bridgehead atoms. The molecule has 0 atom stereocenters. The topological polar surface area (TPSA) is 3.88 Å². The van der Waals surface area contributed by atoms with Gasteiger partial charge in [-0.25, -0.2) is 0 Å². The minimum absolute atomic E-state index is 0.952. The zero-order chi connectivity index (χ0) is 17.1. The van der Waals surface area contributed by atoms with Gasteiger partial charge in [-0.1, -0.05) is 72.4 Å². The molecule has 0 saturated carbocycles. The molecule has 26 heavy (non-hydrogen) atoms. The highest BCUT2D eigenvalue weighted by molar-refractivity contribution is 7.98. The van der Waals surface area contributed by atoms with Gasteiger partial charge in [-0.15, -0.1) is 0 Å². The Bertz CT molecular complexity index is 1320. The van der Waals surface area contributed by atoms with E-state index in [-0.39, 0.29) is 0 Å². The molecule has 5 aromatic rings. The van der Waals surface area contributed by atoms with Gasteiger partial charge in [0.1, 0.15) is 0 Å². The second-order valence-corrected chi connectivity index (χ2v) is 7.77. The Kier molecular flexibility index (Phi) is 2.94. The molecule has 0 aliphatic carbocycles. The van der Waals surface area contributed by atoms with Crippen LogP contribution in [0.25, 0.3) is 43.7 Å². The molecule has 0 unspecified atom stereocenters. The van der Waals surface area contributed by atoms with Gasteiger partial charge >= 0.3 is 0 Å². The molecular weight excluding hydrogens is 334 g/mol. The normalized spacial score (nSPS) is 13.1. The summed E-state index contributed by atoms with van der Waals surface area (Å²) in [4.78, 5) is 1.41. The summed E-state index contributed by atoms with van der Waals surface area (Å²) in [5.74, 6) is 0.952. The lowest BCUT2D eigenvalue weighted by Crippen LogP contribution is -2.36. The molecule has 0 saturated heterocycles. The average molecular weight is 350 g/mol. The fraction of sp³-hybridized carbons (Fsp3) is 0.0417. The van der Waals surface area contributed by atoms with Crippen molar-refractivity contribution in [2.45, 2.75) is 10.8 Å². The Labute approximate surface area is 155 Å². The highest BCUT2D eigenvalue weighted by Gasteiger charge is 2.26. The number of pyridine rings is 1. The van der Waals surface area contributed by atoms with Gasteiger partial charge in [0.15, 0.2) is 5.88 Å². The van der Waals surface area contributed by atoms with Crippen LogP contribution in [0.4, 0.5) is 0 Å². The van der Waals surface area contributed by atoms with Gasteiger partial charge in [0.05, 0.1) is 5.39 Å². The molecule has 1 aliphatic rings. The molecule has 0 spiro atoms. The van der Waals surface area contributed by atoms with Gasteiger partial charge in [0.2, 0.25) is 11.0 Å². The van der Waals surface area contributed by atoms with Crippen molar-refractivity contribution in [3.05, 3.63) is 84.9 Å². The Balaban J connectivity index is 1.82. The predicted molar refractivity (Wildman–Crippen MR) is 110 cm³/mol. The third kappa shape index (κ3) is 1.91. The summed E-state index contributed by atoms with van der Waals surface area (Å²) in [7, 11) is 0. The van der Waals surface area contributed by atoms with Crippen LogP contribution in [0.3, 0.4) is 0 Å². The van der Waals surface area contributed by atoms with E-state index in [1.807, 2.05) is 11.8 Å². The predicted octanol–water partition coefficient (Wildman–Crippen LogP) is 6.16. The molecule has 1 aromatic heterocycles. The molecule has 2 heteroatoms. The van der Waals surface area contributed by atoms with Crippen molar-refractivity contribution < 1.29 is 4.57 Å². The van der Waals surface area contributed by atoms with Gasteiger partial charge in [-0.05, 0) is 34.7 Å².